The Labute approximate surface area is 126 Å². The number of nitrogens with one attached hydrogen (secondary N) is 2. The first-order valence-corrected chi connectivity index (χ1v) is 7.94. The number of nitrogens with zero attached hydrogens (tertiary/aromatic N) is 1. The molecule has 0 saturated carbocycles. The van der Waals surface area contributed by atoms with Crippen molar-refractivity contribution in [3.63, 3.8) is 0 Å². The number of anilines is 1. The van der Waals surface area contributed by atoms with Gasteiger partial charge in [-0.2, -0.15) is 0 Å². The highest BCUT2D eigenvalue weighted by Crippen LogP contribution is 2.30. The first-order valence-electron chi connectivity index (χ1n) is 6.74. The van der Waals surface area contributed by atoms with E-state index in [2.05, 4.69) is 15.6 Å². The number of rotatable bonds is 2. The van der Waals surface area contributed by atoms with Gasteiger partial charge in [0.2, 0.25) is 5.91 Å². The summed E-state index contributed by atoms with van der Waals surface area (Å²) in [5.74, 6) is 0.00609. The summed E-state index contributed by atoms with van der Waals surface area (Å²) in [5.41, 5.74) is 1.85. The fourth-order valence-electron chi connectivity index (χ4n) is 2.37. The van der Waals surface area contributed by atoms with Crippen LogP contribution in [0.25, 0.3) is 10.2 Å². The van der Waals surface area contributed by atoms with E-state index >= 15 is 0 Å². The molecule has 1 aliphatic heterocycles. The molecule has 1 fully saturated rings. The number of hydrogen-bond acceptors (Lipinski definition) is 4. The highest BCUT2D eigenvalue weighted by molar-refractivity contribution is 7.22. The van der Waals surface area contributed by atoms with Crippen molar-refractivity contribution in [1.29, 1.82) is 0 Å². The van der Waals surface area contributed by atoms with Crippen molar-refractivity contribution in [3.8, 4) is 0 Å². The number of aryl methyl sites for hydroxylation is 1. The van der Waals surface area contributed by atoms with Gasteiger partial charge in [0, 0.05) is 5.02 Å². The number of carbonyl (C=O) groups is 1. The molecule has 0 unspecified atom stereocenters. The minimum absolute atomic E-state index is 0.00609. The maximum Gasteiger partial charge on any atom is 0.243 e. The zero-order valence-corrected chi connectivity index (χ0v) is 12.8. The van der Waals surface area contributed by atoms with Gasteiger partial charge in [-0.1, -0.05) is 29.4 Å². The number of benzene rings is 1. The Kier molecular flexibility index (Phi) is 3.92. The average molecular weight is 310 g/mol. The summed E-state index contributed by atoms with van der Waals surface area (Å²) in [7, 11) is 0. The average Bonchev–Trinajstić information content (AvgIpc) is 2.81. The standard InChI is InChI=1S/C14H16ClN3OS/c1-8-6-12-11(7-9(8)15)17-14(20-12)18-13(19)10-4-2-3-5-16-10/h6-7,10,16H,2-5H2,1H3,(H,17,18,19)/t10-/m0/s1. The molecule has 3 rings (SSSR count). The maximum atomic E-state index is 12.1. The second kappa shape index (κ2) is 5.68. The van der Waals surface area contributed by atoms with Crippen LogP contribution in [0.1, 0.15) is 24.8 Å². The van der Waals surface area contributed by atoms with Crippen LogP contribution in [-0.2, 0) is 4.79 Å². The fourth-order valence-corrected chi connectivity index (χ4v) is 3.48. The number of thiazole rings is 1. The second-order valence-corrected chi connectivity index (χ2v) is 6.52. The Morgan fingerprint density at radius 2 is 2.35 bits per heavy atom. The van der Waals surface area contributed by atoms with E-state index in [1.807, 2.05) is 19.1 Å². The van der Waals surface area contributed by atoms with Gasteiger partial charge in [0.15, 0.2) is 5.13 Å². The van der Waals surface area contributed by atoms with Gasteiger partial charge in [-0.05, 0) is 44.0 Å². The number of carbonyl (C=O) groups excluding carboxylic acids is 1. The van der Waals surface area contributed by atoms with Crippen LogP contribution in [-0.4, -0.2) is 23.5 Å². The van der Waals surface area contributed by atoms with E-state index in [0.717, 1.165) is 41.6 Å². The van der Waals surface area contributed by atoms with Crippen LogP contribution in [0.3, 0.4) is 0 Å². The quantitative estimate of drug-likeness (QED) is 0.894. The van der Waals surface area contributed by atoms with Crippen molar-refractivity contribution in [2.45, 2.75) is 32.2 Å². The van der Waals surface area contributed by atoms with Crippen LogP contribution in [0, 0.1) is 6.92 Å². The van der Waals surface area contributed by atoms with Crippen molar-refractivity contribution in [3.05, 3.63) is 22.7 Å². The number of aromatic nitrogens is 1. The molecule has 106 valence electrons. The lowest BCUT2D eigenvalue weighted by Crippen LogP contribution is -2.43. The maximum absolute atomic E-state index is 12.1. The predicted molar refractivity (Wildman–Crippen MR) is 83.6 cm³/mol. The van der Waals surface area contributed by atoms with Crippen LogP contribution in [0.4, 0.5) is 5.13 Å². The first kappa shape index (κ1) is 13.8. The van der Waals surface area contributed by atoms with Crippen molar-refractivity contribution in [2.75, 3.05) is 11.9 Å². The minimum atomic E-state index is -0.0962. The molecule has 0 bridgehead atoms. The molecule has 0 aliphatic carbocycles. The normalized spacial score (nSPS) is 19.2. The van der Waals surface area contributed by atoms with E-state index in [9.17, 15) is 4.79 Å². The third-order valence-corrected chi connectivity index (χ3v) is 4.87. The van der Waals surface area contributed by atoms with Crippen molar-refractivity contribution < 1.29 is 4.79 Å². The highest BCUT2D eigenvalue weighted by atomic mass is 35.5. The highest BCUT2D eigenvalue weighted by Gasteiger charge is 2.21. The van der Waals surface area contributed by atoms with E-state index in [4.69, 9.17) is 11.6 Å². The topological polar surface area (TPSA) is 54.0 Å². The molecule has 1 saturated heterocycles. The van der Waals surface area contributed by atoms with Crippen LogP contribution in [0.15, 0.2) is 12.1 Å². The smallest absolute Gasteiger partial charge is 0.243 e. The van der Waals surface area contributed by atoms with Crippen molar-refractivity contribution >= 4 is 44.2 Å². The van der Waals surface area contributed by atoms with Gasteiger partial charge in [-0.15, -0.1) is 0 Å². The lowest BCUT2D eigenvalue weighted by Gasteiger charge is -2.21. The van der Waals surface area contributed by atoms with Crippen molar-refractivity contribution in [2.24, 2.45) is 0 Å². The molecular weight excluding hydrogens is 294 g/mol. The molecule has 4 nitrogen and oxygen atoms in total. The first-order chi connectivity index (χ1) is 9.63. The second-order valence-electron chi connectivity index (χ2n) is 5.08. The number of amides is 1. The Balaban J connectivity index is 1.78. The molecule has 1 aliphatic rings. The molecule has 20 heavy (non-hydrogen) atoms. The van der Waals surface area contributed by atoms with Gasteiger partial charge in [0.05, 0.1) is 16.3 Å². The van der Waals surface area contributed by atoms with Crippen LogP contribution >= 0.6 is 22.9 Å². The molecule has 1 aromatic heterocycles. The van der Waals surface area contributed by atoms with Crippen LogP contribution in [0.5, 0.6) is 0 Å². The molecular formula is C14H16ClN3OS. The van der Waals surface area contributed by atoms with Gasteiger partial charge in [-0.25, -0.2) is 4.98 Å². The molecule has 1 amide bonds. The summed E-state index contributed by atoms with van der Waals surface area (Å²) in [6.45, 7) is 2.87. The summed E-state index contributed by atoms with van der Waals surface area (Å²) < 4.78 is 1.04. The predicted octanol–water partition coefficient (Wildman–Crippen LogP) is 3.34. The molecule has 1 atom stereocenters. The van der Waals surface area contributed by atoms with Crippen LogP contribution < -0.4 is 10.6 Å². The van der Waals surface area contributed by atoms with Crippen LogP contribution in [0.2, 0.25) is 5.02 Å². The molecule has 0 radical (unpaired) electrons. The Hall–Kier alpha value is -1.17. The molecule has 2 aromatic rings. The van der Waals surface area contributed by atoms with Gasteiger partial charge in [0.25, 0.3) is 0 Å². The Bertz CT molecular complexity index is 610. The van der Waals surface area contributed by atoms with Gasteiger partial charge in [-0.3, -0.25) is 4.79 Å². The van der Waals surface area contributed by atoms with Gasteiger partial charge < -0.3 is 10.6 Å². The Morgan fingerprint density at radius 3 is 3.10 bits per heavy atom. The monoisotopic (exact) mass is 309 g/mol. The summed E-state index contributed by atoms with van der Waals surface area (Å²) in [6.07, 6.45) is 3.13. The Morgan fingerprint density at radius 1 is 1.50 bits per heavy atom. The lowest BCUT2D eigenvalue weighted by molar-refractivity contribution is -0.118. The number of hydrogen-bond donors (Lipinski definition) is 2. The zero-order valence-electron chi connectivity index (χ0n) is 11.2. The number of fused-ring (bicyclic) bond motifs is 1. The lowest BCUT2D eigenvalue weighted by atomic mass is 10.0. The van der Waals surface area contributed by atoms with E-state index in [-0.39, 0.29) is 11.9 Å². The van der Waals surface area contributed by atoms with Crippen molar-refractivity contribution in [1.82, 2.24) is 10.3 Å². The van der Waals surface area contributed by atoms with E-state index < -0.39 is 0 Å². The third kappa shape index (κ3) is 2.80. The summed E-state index contributed by atoms with van der Waals surface area (Å²) >= 11 is 7.57. The van der Waals surface area contributed by atoms with Gasteiger partial charge in [0.1, 0.15) is 0 Å². The van der Waals surface area contributed by atoms with Gasteiger partial charge >= 0.3 is 0 Å². The molecule has 0 spiro atoms. The minimum Gasteiger partial charge on any atom is -0.306 e. The van der Waals surface area contributed by atoms with E-state index in [1.54, 1.807) is 0 Å². The van der Waals surface area contributed by atoms with E-state index in [1.165, 1.54) is 11.3 Å². The SMILES string of the molecule is Cc1cc2sc(NC(=O)[C@@H]3CCCCN3)nc2cc1Cl. The summed E-state index contributed by atoms with van der Waals surface area (Å²) in [4.78, 5) is 16.6. The van der Waals surface area contributed by atoms with E-state index in [0.29, 0.717) is 10.2 Å². The zero-order chi connectivity index (χ0) is 14.1. The molecule has 2 N–H and O–H groups in total. The molecule has 1 aromatic carbocycles. The molecule has 2 heterocycles. The third-order valence-electron chi connectivity index (χ3n) is 3.53. The summed E-state index contributed by atoms with van der Waals surface area (Å²) in [5, 5.41) is 7.48. The summed E-state index contributed by atoms with van der Waals surface area (Å²) in [6, 6.07) is 3.75. The molecule has 6 heteroatoms. The largest absolute Gasteiger partial charge is 0.306 e. The number of halogens is 1. The fraction of sp³-hybridized carbons (Fsp3) is 0.429. The number of piperidine rings is 1.